The van der Waals surface area contributed by atoms with Crippen molar-refractivity contribution in [1.82, 2.24) is 4.98 Å². The van der Waals surface area contributed by atoms with Crippen molar-refractivity contribution in [3.8, 4) is 5.75 Å². The topological polar surface area (TPSA) is 72.6 Å². The second-order valence-electron chi connectivity index (χ2n) is 4.78. The molecule has 0 atom stereocenters. The molecule has 0 aliphatic carbocycles. The van der Waals surface area contributed by atoms with Crippen molar-refractivity contribution >= 4 is 17.7 Å². The van der Waals surface area contributed by atoms with E-state index in [2.05, 4.69) is 4.98 Å². The molecule has 0 fully saturated rings. The van der Waals surface area contributed by atoms with Crippen LogP contribution in [0.2, 0.25) is 0 Å². The minimum atomic E-state index is -0.800. The van der Waals surface area contributed by atoms with E-state index >= 15 is 0 Å². The molecule has 6 heteroatoms. The van der Waals surface area contributed by atoms with Gasteiger partial charge in [0.05, 0.1) is 5.75 Å². The third kappa shape index (κ3) is 6.66. The van der Waals surface area contributed by atoms with Gasteiger partial charge in [0.1, 0.15) is 23.8 Å². The number of benzene rings is 1. The Labute approximate surface area is 147 Å². The van der Waals surface area contributed by atoms with Crippen molar-refractivity contribution in [3.05, 3.63) is 47.2 Å². The number of carbonyl (C=O) groups is 1. The largest absolute Gasteiger partial charge is 0.487 e. The third-order valence-electron chi connectivity index (χ3n) is 2.97. The molecule has 0 amide bonds. The maximum atomic E-state index is 10.5. The molecule has 24 heavy (non-hydrogen) atoms. The summed E-state index contributed by atoms with van der Waals surface area (Å²) >= 11 is 1.36. The Hall–Kier alpha value is -1.95. The summed E-state index contributed by atoms with van der Waals surface area (Å²) in [7, 11) is 0. The van der Waals surface area contributed by atoms with Gasteiger partial charge in [0, 0.05) is 19.1 Å². The average Bonchev–Trinajstić information content (AvgIpc) is 2.95. The summed E-state index contributed by atoms with van der Waals surface area (Å²) in [6.45, 7) is 8.21. The van der Waals surface area contributed by atoms with Crippen LogP contribution in [0, 0.1) is 6.92 Å². The number of rotatable bonds is 8. The van der Waals surface area contributed by atoms with E-state index in [0.29, 0.717) is 18.3 Å². The molecule has 1 aromatic carbocycles. The number of carboxylic acids is 1. The smallest absolute Gasteiger partial charge is 0.313 e. The highest BCUT2D eigenvalue weighted by Gasteiger charge is 2.10. The van der Waals surface area contributed by atoms with Crippen molar-refractivity contribution in [2.45, 2.75) is 46.5 Å². The summed E-state index contributed by atoms with van der Waals surface area (Å²) in [6, 6.07) is 7.66. The molecular formula is C18H25NO4S. The zero-order chi connectivity index (χ0) is 17.9. The fraction of sp³-hybridized carbons (Fsp3) is 0.444. The molecule has 0 saturated carbocycles. The first-order valence-electron chi connectivity index (χ1n) is 8.05. The molecule has 0 aliphatic heterocycles. The molecule has 2 aromatic rings. The highest BCUT2D eigenvalue weighted by molar-refractivity contribution is 7.99. The molecule has 1 N–H and O–H groups in total. The Morgan fingerprint density at radius 3 is 2.79 bits per heavy atom. The molecule has 132 valence electrons. The number of hydrogen-bond acceptors (Lipinski definition) is 5. The summed E-state index contributed by atoms with van der Waals surface area (Å²) < 4.78 is 11.3. The van der Waals surface area contributed by atoms with Gasteiger partial charge in [0.25, 0.3) is 0 Å². The van der Waals surface area contributed by atoms with E-state index in [1.807, 2.05) is 52.0 Å². The Morgan fingerprint density at radius 1 is 1.38 bits per heavy atom. The molecule has 0 spiro atoms. The maximum absolute atomic E-state index is 10.5. The van der Waals surface area contributed by atoms with Crippen molar-refractivity contribution in [2.75, 3.05) is 5.75 Å². The summed E-state index contributed by atoms with van der Waals surface area (Å²) in [4.78, 5) is 14.8. The number of thioether (sulfide) groups is 1. The molecule has 2 rings (SSSR count). The Kier molecular flexibility index (Phi) is 9.01. The predicted molar refractivity (Wildman–Crippen MR) is 96.5 cm³/mol. The lowest BCUT2D eigenvalue weighted by atomic mass is 10.2. The van der Waals surface area contributed by atoms with Crippen LogP contribution in [0.1, 0.15) is 43.7 Å². The van der Waals surface area contributed by atoms with Gasteiger partial charge in [-0.25, -0.2) is 4.98 Å². The van der Waals surface area contributed by atoms with Crippen LogP contribution in [0.25, 0.3) is 0 Å². The minimum Gasteiger partial charge on any atom is -0.487 e. The standard InChI is InChI=1S/C16H19NO4S.C2H6/c1-3-15-14(17-11(2)21-15)8-20-13-6-4-5-12(7-13)9-22-10-16(18)19;1-2/h4-7H,3,8-10H2,1-2H3,(H,18,19);1-2H3. The highest BCUT2D eigenvalue weighted by Crippen LogP contribution is 2.20. The Bertz CT molecular complexity index is 640. The molecule has 0 radical (unpaired) electrons. The molecular weight excluding hydrogens is 326 g/mol. The maximum Gasteiger partial charge on any atom is 0.313 e. The van der Waals surface area contributed by atoms with Crippen molar-refractivity contribution in [2.24, 2.45) is 0 Å². The van der Waals surface area contributed by atoms with Crippen LogP contribution in [-0.4, -0.2) is 21.8 Å². The van der Waals surface area contributed by atoms with Gasteiger partial charge in [0.2, 0.25) is 0 Å². The van der Waals surface area contributed by atoms with E-state index in [9.17, 15) is 4.79 Å². The fourth-order valence-corrected chi connectivity index (χ4v) is 2.73. The van der Waals surface area contributed by atoms with Gasteiger partial charge in [0.15, 0.2) is 5.89 Å². The SMILES string of the molecule is CC.CCc1oc(C)nc1COc1cccc(CSCC(=O)O)c1. The summed E-state index contributed by atoms with van der Waals surface area (Å²) in [5, 5.41) is 8.65. The lowest BCUT2D eigenvalue weighted by molar-refractivity contribution is -0.133. The van der Waals surface area contributed by atoms with E-state index in [4.69, 9.17) is 14.3 Å². The number of aryl methyl sites for hydroxylation is 2. The number of aromatic nitrogens is 1. The number of nitrogens with zero attached hydrogens (tertiary/aromatic N) is 1. The van der Waals surface area contributed by atoms with Crippen LogP contribution < -0.4 is 4.74 Å². The lowest BCUT2D eigenvalue weighted by Crippen LogP contribution is -2.00. The fourth-order valence-electron chi connectivity index (χ4n) is 2.03. The van der Waals surface area contributed by atoms with Gasteiger partial charge in [-0.1, -0.05) is 32.9 Å². The zero-order valence-corrected chi connectivity index (χ0v) is 15.5. The molecule has 0 saturated heterocycles. The van der Waals surface area contributed by atoms with Gasteiger partial charge in [-0.15, -0.1) is 11.8 Å². The minimum absolute atomic E-state index is 0.100. The monoisotopic (exact) mass is 351 g/mol. The normalized spacial score (nSPS) is 10.0. The third-order valence-corrected chi connectivity index (χ3v) is 3.96. The predicted octanol–water partition coefficient (Wildman–Crippen LogP) is 4.47. The van der Waals surface area contributed by atoms with Gasteiger partial charge >= 0.3 is 5.97 Å². The first kappa shape index (κ1) is 20.1. The number of aliphatic carboxylic acids is 1. The number of ether oxygens (including phenoxy) is 1. The van der Waals surface area contributed by atoms with Crippen LogP contribution in [0.15, 0.2) is 28.7 Å². The summed E-state index contributed by atoms with van der Waals surface area (Å²) in [6.07, 6.45) is 0.783. The van der Waals surface area contributed by atoms with Crippen LogP contribution in [0.3, 0.4) is 0 Å². The number of hydrogen-bond donors (Lipinski definition) is 1. The van der Waals surface area contributed by atoms with Crippen molar-refractivity contribution in [1.29, 1.82) is 0 Å². The van der Waals surface area contributed by atoms with E-state index in [0.717, 1.165) is 29.2 Å². The number of carboxylic acid groups (broad SMARTS) is 1. The quantitative estimate of drug-likeness (QED) is 0.756. The highest BCUT2D eigenvalue weighted by atomic mass is 32.2. The summed E-state index contributed by atoms with van der Waals surface area (Å²) in [5.41, 5.74) is 1.86. The first-order valence-corrected chi connectivity index (χ1v) is 9.20. The van der Waals surface area contributed by atoms with Gasteiger partial charge in [-0.3, -0.25) is 4.79 Å². The van der Waals surface area contributed by atoms with Crippen LogP contribution >= 0.6 is 11.8 Å². The second-order valence-corrected chi connectivity index (χ2v) is 5.76. The molecule has 5 nitrogen and oxygen atoms in total. The van der Waals surface area contributed by atoms with Crippen molar-refractivity contribution < 1.29 is 19.1 Å². The van der Waals surface area contributed by atoms with Crippen LogP contribution in [0.4, 0.5) is 0 Å². The average molecular weight is 351 g/mol. The van der Waals surface area contributed by atoms with E-state index in [1.165, 1.54) is 11.8 Å². The molecule has 0 bridgehead atoms. The molecule has 1 heterocycles. The van der Waals surface area contributed by atoms with Crippen molar-refractivity contribution in [3.63, 3.8) is 0 Å². The Morgan fingerprint density at radius 2 is 2.12 bits per heavy atom. The molecule has 0 aliphatic rings. The zero-order valence-electron chi connectivity index (χ0n) is 14.7. The molecule has 1 aromatic heterocycles. The van der Waals surface area contributed by atoms with E-state index in [1.54, 1.807) is 0 Å². The van der Waals surface area contributed by atoms with Gasteiger partial charge in [-0.2, -0.15) is 0 Å². The van der Waals surface area contributed by atoms with Crippen LogP contribution in [-0.2, 0) is 23.6 Å². The van der Waals surface area contributed by atoms with Gasteiger partial charge in [-0.05, 0) is 17.7 Å². The molecule has 0 unspecified atom stereocenters. The van der Waals surface area contributed by atoms with Crippen LogP contribution in [0.5, 0.6) is 5.75 Å². The van der Waals surface area contributed by atoms with Gasteiger partial charge < -0.3 is 14.3 Å². The first-order chi connectivity index (χ1) is 11.6. The summed E-state index contributed by atoms with van der Waals surface area (Å²) in [5.74, 6) is 2.19. The van der Waals surface area contributed by atoms with E-state index < -0.39 is 5.97 Å². The number of oxazole rings is 1. The van der Waals surface area contributed by atoms with E-state index in [-0.39, 0.29) is 5.75 Å². The lowest BCUT2D eigenvalue weighted by Gasteiger charge is -2.07. The second kappa shape index (κ2) is 10.8. The Balaban J connectivity index is 0.00000139.